The van der Waals surface area contributed by atoms with Crippen molar-refractivity contribution in [1.29, 1.82) is 0 Å². The van der Waals surface area contributed by atoms with Gasteiger partial charge >= 0.3 is 0 Å². The third kappa shape index (κ3) is 2.81. The lowest BCUT2D eigenvalue weighted by molar-refractivity contribution is 0.582. The largest absolute Gasteiger partial charge is 0.325 e. The number of hydrogen-bond acceptors (Lipinski definition) is 4. The summed E-state index contributed by atoms with van der Waals surface area (Å²) in [4.78, 5) is 20.5. The number of thiophene rings is 1. The van der Waals surface area contributed by atoms with E-state index in [2.05, 4.69) is 29.6 Å². The van der Waals surface area contributed by atoms with E-state index in [1.165, 1.54) is 27.6 Å². The van der Waals surface area contributed by atoms with Gasteiger partial charge in [-0.25, -0.2) is 4.98 Å². The maximum Gasteiger partial charge on any atom is 0.264 e. The summed E-state index contributed by atoms with van der Waals surface area (Å²) in [5, 5.41) is 6.63. The summed E-state index contributed by atoms with van der Waals surface area (Å²) in [5.41, 5.74) is 2.28. The van der Waals surface area contributed by atoms with Crippen LogP contribution in [0.1, 0.15) is 43.2 Å². The molecule has 142 valence electrons. The number of nitrogens with one attached hydrogen (secondary N) is 1. The van der Waals surface area contributed by atoms with Crippen LogP contribution in [0.2, 0.25) is 0 Å². The number of rotatable bonds is 3. The fourth-order valence-electron chi connectivity index (χ4n) is 4.18. The normalized spacial score (nSPS) is 14.0. The maximum absolute atomic E-state index is 13.4. The van der Waals surface area contributed by atoms with Crippen molar-refractivity contribution in [2.24, 2.45) is 0 Å². The zero-order valence-electron chi connectivity index (χ0n) is 16.2. The second kappa shape index (κ2) is 6.74. The topological polar surface area (TPSA) is 46.9 Å². The molecule has 28 heavy (non-hydrogen) atoms. The molecule has 0 saturated carbocycles. The Labute approximate surface area is 167 Å². The Morgan fingerprint density at radius 1 is 1.07 bits per heavy atom. The molecule has 2 aromatic heterocycles. The van der Waals surface area contributed by atoms with E-state index in [0.717, 1.165) is 35.2 Å². The molecule has 1 aliphatic carbocycles. The van der Waals surface area contributed by atoms with Gasteiger partial charge in [-0.2, -0.15) is 0 Å². The number of nitrogens with zero attached hydrogens (tertiary/aromatic N) is 2. The summed E-state index contributed by atoms with van der Waals surface area (Å²) in [7, 11) is 0. The molecule has 0 radical (unpaired) electrons. The third-order valence-corrected chi connectivity index (χ3v) is 6.73. The van der Waals surface area contributed by atoms with Gasteiger partial charge in [0.25, 0.3) is 5.56 Å². The highest BCUT2D eigenvalue weighted by molar-refractivity contribution is 7.18. The standard InChI is InChI=1S/C23H23N3OS/c1-14(2)26-22(27)20-18-9-5-6-10-19(18)28-21(20)25-23(26)24-17-12-11-15-7-3-4-8-16(15)13-17/h3-4,7-8,11-14H,5-6,9-10H2,1-2H3,(H,24,25). The van der Waals surface area contributed by atoms with Crippen molar-refractivity contribution in [3.63, 3.8) is 0 Å². The molecular weight excluding hydrogens is 366 g/mol. The lowest BCUT2D eigenvalue weighted by atomic mass is 9.97. The van der Waals surface area contributed by atoms with Crippen LogP contribution in [0.3, 0.4) is 0 Å². The highest BCUT2D eigenvalue weighted by Crippen LogP contribution is 2.35. The smallest absolute Gasteiger partial charge is 0.264 e. The van der Waals surface area contributed by atoms with Gasteiger partial charge in [0.1, 0.15) is 4.83 Å². The van der Waals surface area contributed by atoms with E-state index in [9.17, 15) is 4.79 Å². The Bertz CT molecular complexity index is 1250. The van der Waals surface area contributed by atoms with E-state index in [0.29, 0.717) is 5.95 Å². The Morgan fingerprint density at radius 3 is 2.68 bits per heavy atom. The molecule has 0 atom stereocenters. The summed E-state index contributed by atoms with van der Waals surface area (Å²) >= 11 is 1.70. The van der Waals surface area contributed by atoms with Crippen LogP contribution in [0, 0.1) is 0 Å². The first-order chi connectivity index (χ1) is 13.6. The van der Waals surface area contributed by atoms with Crippen molar-refractivity contribution < 1.29 is 0 Å². The van der Waals surface area contributed by atoms with Gasteiger partial charge in [-0.1, -0.05) is 30.3 Å². The Hall–Kier alpha value is -2.66. The predicted molar refractivity (Wildman–Crippen MR) is 118 cm³/mol. The van der Waals surface area contributed by atoms with Crippen LogP contribution in [0.4, 0.5) is 11.6 Å². The zero-order chi connectivity index (χ0) is 19.3. The second-order valence-electron chi connectivity index (χ2n) is 7.78. The molecule has 0 fully saturated rings. The fraction of sp³-hybridized carbons (Fsp3) is 0.304. The van der Waals surface area contributed by atoms with Crippen molar-refractivity contribution in [3.8, 4) is 0 Å². The van der Waals surface area contributed by atoms with Crippen LogP contribution >= 0.6 is 11.3 Å². The van der Waals surface area contributed by atoms with E-state index in [1.807, 2.05) is 32.0 Å². The second-order valence-corrected chi connectivity index (χ2v) is 8.87. The molecule has 0 aliphatic heterocycles. The van der Waals surface area contributed by atoms with E-state index in [-0.39, 0.29) is 11.6 Å². The van der Waals surface area contributed by atoms with Crippen LogP contribution in [0.25, 0.3) is 21.0 Å². The average Bonchev–Trinajstić information content (AvgIpc) is 3.06. The summed E-state index contributed by atoms with van der Waals surface area (Å²) in [6, 6.07) is 14.6. The van der Waals surface area contributed by atoms with E-state index in [4.69, 9.17) is 4.98 Å². The third-order valence-electron chi connectivity index (χ3n) is 5.54. The predicted octanol–water partition coefficient (Wildman–Crippen LogP) is 5.81. The van der Waals surface area contributed by atoms with Crippen LogP contribution in [-0.4, -0.2) is 9.55 Å². The minimum atomic E-state index is 0.0338. The lowest BCUT2D eigenvalue weighted by Crippen LogP contribution is -2.26. The van der Waals surface area contributed by atoms with Gasteiger partial charge in [-0.3, -0.25) is 9.36 Å². The molecule has 0 bridgehead atoms. The van der Waals surface area contributed by atoms with Crippen molar-refractivity contribution in [3.05, 3.63) is 63.3 Å². The Balaban J connectivity index is 1.67. The van der Waals surface area contributed by atoms with Crippen molar-refractivity contribution >= 4 is 44.0 Å². The summed E-state index contributed by atoms with van der Waals surface area (Å²) < 4.78 is 1.80. The van der Waals surface area contributed by atoms with Crippen LogP contribution < -0.4 is 10.9 Å². The molecule has 2 heterocycles. The van der Waals surface area contributed by atoms with Gasteiger partial charge in [0.05, 0.1) is 5.39 Å². The monoisotopic (exact) mass is 389 g/mol. The number of aryl methyl sites for hydroxylation is 2. The molecule has 0 amide bonds. The summed E-state index contributed by atoms with van der Waals surface area (Å²) in [5.74, 6) is 0.626. The molecule has 5 rings (SSSR count). The summed E-state index contributed by atoms with van der Waals surface area (Å²) in [6.07, 6.45) is 4.45. The Kier molecular flexibility index (Phi) is 4.20. The van der Waals surface area contributed by atoms with Crippen molar-refractivity contribution in [1.82, 2.24) is 9.55 Å². The molecule has 1 N–H and O–H groups in total. The van der Waals surface area contributed by atoms with Gasteiger partial charge in [-0.15, -0.1) is 11.3 Å². The van der Waals surface area contributed by atoms with Crippen LogP contribution in [0.5, 0.6) is 0 Å². The van der Waals surface area contributed by atoms with Gasteiger partial charge in [0, 0.05) is 16.6 Å². The SMILES string of the molecule is CC(C)n1c(Nc2ccc3ccccc3c2)nc2sc3c(c2c1=O)CCCC3. The maximum atomic E-state index is 13.4. The first-order valence-corrected chi connectivity index (χ1v) is 10.8. The van der Waals surface area contributed by atoms with E-state index in [1.54, 1.807) is 15.9 Å². The van der Waals surface area contributed by atoms with Gasteiger partial charge in [0.15, 0.2) is 0 Å². The van der Waals surface area contributed by atoms with Gasteiger partial charge in [-0.05, 0) is 68.0 Å². The highest BCUT2D eigenvalue weighted by atomic mass is 32.1. The molecule has 0 spiro atoms. The quantitative estimate of drug-likeness (QED) is 0.481. The number of aromatic nitrogens is 2. The van der Waals surface area contributed by atoms with E-state index >= 15 is 0 Å². The Morgan fingerprint density at radius 2 is 1.86 bits per heavy atom. The molecular formula is C23H23N3OS. The van der Waals surface area contributed by atoms with Crippen molar-refractivity contribution in [2.75, 3.05) is 5.32 Å². The minimum Gasteiger partial charge on any atom is -0.325 e. The molecule has 1 aliphatic rings. The molecule has 0 unspecified atom stereocenters. The first-order valence-electron chi connectivity index (χ1n) is 9.94. The zero-order valence-corrected chi connectivity index (χ0v) is 17.0. The van der Waals surface area contributed by atoms with Crippen LogP contribution in [0.15, 0.2) is 47.3 Å². The van der Waals surface area contributed by atoms with E-state index < -0.39 is 0 Å². The number of benzene rings is 2. The number of anilines is 2. The average molecular weight is 390 g/mol. The lowest BCUT2D eigenvalue weighted by Gasteiger charge is -2.17. The van der Waals surface area contributed by atoms with Gasteiger partial charge < -0.3 is 5.32 Å². The van der Waals surface area contributed by atoms with Gasteiger partial charge in [0.2, 0.25) is 5.95 Å². The molecule has 5 heteroatoms. The highest BCUT2D eigenvalue weighted by Gasteiger charge is 2.23. The number of fused-ring (bicyclic) bond motifs is 4. The fourth-order valence-corrected chi connectivity index (χ4v) is 5.43. The molecule has 4 aromatic rings. The molecule has 4 nitrogen and oxygen atoms in total. The van der Waals surface area contributed by atoms with Crippen molar-refractivity contribution in [2.45, 2.75) is 45.6 Å². The molecule has 0 saturated heterocycles. The number of hydrogen-bond donors (Lipinski definition) is 1. The summed E-state index contributed by atoms with van der Waals surface area (Å²) in [6.45, 7) is 4.08. The minimum absolute atomic E-state index is 0.0338. The van der Waals surface area contributed by atoms with Crippen LogP contribution in [-0.2, 0) is 12.8 Å². The molecule has 2 aromatic carbocycles. The first kappa shape index (κ1) is 17.4.